The number of ether oxygens (including phenoxy) is 1. The number of anilines is 1. The largest absolute Gasteiger partial charge is 0.471 e. The first-order valence-corrected chi connectivity index (χ1v) is 8.18. The molecule has 0 aliphatic rings. The fourth-order valence-corrected chi connectivity index (χ4v) is 2.67. The van der Waals surface area contributed by atoms with Crippen molar-refractivity contribution < 1.29 is 9.13 Å². The van der Waals surface area contributed by atoms with Crippen molar-refractivity contribution in [1.82, 2.24) is 9.78 Å². The average Bonchev–Trinajstić information content (AvgIpc) is 2.92. The number of hydrogen-bond donors (Lipinski definition) is 1. The normalized spacial score (nSPS) is 10.5. The predicted molar refractivity (Wildman–Crippen MR) is 97.1 cm³/mol. The first-order chi connectivity index (χ1) is 12.5. The first-order valence-electron chi connectivity index (χ1n) is 8.18. The van der Waals surface area contributed by atoms with Crippen LogP contribution < -0.4 is 10.5 Å². The van der Waals surface area contributed by atoms with E-state index in [1.54, 1.807) is 18.2 Å². The lowest BCUT2D eigenvalue weighted by molar-refractivity contribution is 0.288. The molecule has 0 atom stereocenters. The van der Waals surface area contributed by atoms with E-state index in [0.29, 0.717) is 5.56 Å². The lowest BCUT2D eigenvalue weighted by Gasteiger charge is -2.08. The smallest absolute Gasteiger partial charge is 0.253 e. The van der Waals surface area contributed by atoms with Gasteiger partial charge in [-0.15, -0.1) is 5.10 Å². The number of nitrogens with zero attached hydrogens (tertiary/aromatic N) is 3. The predicted octanol–water partition coefficient (Wildman–Crippen LogP) is 3.72. The van der Waals surface area contributed by atoms with Crippen LogP contribution in [0, 0.1) is 31.0 Å². The number of hydrogen-bond acceptors (Lipinski definition) is 4. The maximum atomic E-state index is 13.9. The molecule has 0 saturated heterocycles. The molecule has 0 aliphatic carbocycles. The summed E-state index contributed by atoms with van der Waals surface area (Å²) in [5.41, 5.74) is 9.83. The number of rotatable bonds is 5. The molecule has 2 aromatic carbocycles. The molecule has 0 amide bonds. The first kappa shape index (κ1) is 17.5. The summed E-state index contributed by atoms with van der Waals surface area (Å²) < 4.78 is 21.0. The molecule has 5 nitrogen and oxygen atoms in total. The van der Waals surface area contributed by atoms with Crippen LogP contribution in [0.25, 0.3) is 0 Å². The third-order valence-electron chi connectivity index (χ3n) is 4.22. The van der Waals surface area contributed by atoms with Gasteiger partial charge in [0.15, 0.2) is 5.56 Å². The van der Waals surface area contributed by atoms with Crippen LogP contribution in [0.2, 0.25) is 0 Å². The van der Waals surface area contributed by atoms with Crippen LogP contribution in [-0.4, -0.2) is 9.78 Å². The molecule has 3 aromatic rings. The van der Waals surface area contributed by atoms with Crippen LogP contribution in [0.3, 0.4) is 0 Å². The molecule has 132 valence electrons. The number of aromatic nitrogens is 2. The summed E-state index contributed by atoms with van der Waals surface area (Å²) in [6, 6.07) is 14.5. The van der Waals surface area contributed by atoms with Crippen molar-refractivity contribution in [2.45, 2.75) is 27.0 Å². The van der Waals surface area contributed by atoms with E-state index < -0.39 is 0 Å². The number of benzene rings is 2. The lowest BCUT2D eigenvalue weighted by atomic mass is 10.1. The molecule has 6 heteroatoms. The second kappa shape index (κ2) is 7.28. The molecule has 0 radical (unpaired) electrons. The fraction of sp³-hybridized carbons (Fsp3) is 0.200. The highest BCUT2D eigenvalue weighted by Crippen LogP contribution is 2.25. The third-order valence-corrected chi connectivity index (χ3v) is 4.22. The molecular formula is C20H19FN4O. The van der Waals surface area contributed by atoms with Crippen LogP contribution in [0.5, 0.6) is 5.88 Å². The molecular weight excluding hydrogens is 331 g/mol. The second-order valence-corrected chi connectivity index (χ2v) is 6.14. The molecule has 3 rings (SSSR count). The molecule has 2 N–H and O–H groups in total. The highest BCUT2D eigenvalue weighted by Gasteiger charge is 2.18. The second-order valence-electron chi connectivity index (χ2n) is 6.14. The van der Waals surface area contributed by atoms with E-state index in [1.807, 2.05) is 38.1 Å². The summed E-state index contributed by atoms with van der Waals surface area (Å²) in [4.78, 5) is 0. The van der Waals surface area contributed by atoms with Gasteiger partial charge in [0.05, 0.1) is 6.54 Å². The van der Waals surface area contributed by atoms with Gasteiger partial charge < -0.3 is 10.5 Å². The van der Waals surface area contributed by atoms with Gasteiger partial charge in [-0.1, -0.05) is 42.0 Å². The van der Waals surface area contributed by atoms with Crippen LogP contribution in [0.1, 0.15) is 27.8 Å². The molecule has 1 aromatic heterocycles. The Kier molecular flexibility index (Phi) is 4.90. The number of nitrogens with two attached hydrogens (primary N) is 1. The van der Waals surface area contributed by atoms with Crippen molar-refractivity contribution in [1.29, 1.82) is 5.26 Å². The van der Waals surface area contributed by atoms with E-state index in [4.69, 9.17) is 10.5 Å². The average molecular weight is 350 g/mol. The van der Waals surface area contributed by atoms with E-state index in [-0.39, 0.29) is 36.2 Å². The molecule has 0 spiro atoms. The van der Waals surface area contributed by atoms with Gasteiger partial charge in [-0.25, -0.2) is 9.07 Å². The summed E-state index contributed by atoms with van der Waals surface area (Å²) in [5, 5.41) is 13.7. The Morgan fingerprint density at radius 3 is 2.69 bits per heavy atom. The van der Waals surface area contributed by atoms with Gasteiger partial charge in [-0.3, -0.25) is 0 Å². The van der Waals surface area contributed by atoms with Gasteiger partial charge in [-0.2, -0.15) is 5.26 Å². The van der Waals surface area contributed by atoms with Crippen molar-refractivity contribution in [3.63, 3.8) is 0 Å². The Morgan fingerprint density at radius 1 is 1.19 bits per heavy atom. The minimum Gasteiger partial charge on any atom is -0.471 e. The summed E-state index contributed by atoms with van der Waals surface area (Å²) in [6.45, 7) is 4.40. The SMILES string of the molecule is Cc1ccc(C)c(COc2nn(Cc3ccccc3F)c(N)c2C#N)c1. The molecule has 0 bridgehead atoms. The summed E-state index contributed by atoms with van der Waals surface area (Å²) in [7, 11) is 0. The Hall–Kier alpha value is -3.33. The summed E-state index contributed by atoms with van der Waals surface area (Å²) in [5.74, 6) is -0.0345. The van der Waals surface area contributed by atoms with E-state index in [2.05, 4.69) is 5.10 Å². The zero-order chi connectivity index (χ0) is 18.7. The maximum Gasteiger partial charge on any atom is 0.253 e. The highest BCUT2D eigenvalue weighted by atomic mass is 19.1. The summed E-state index contributed by atoms with van der Waals surface area (Å²) >= 11 is 0. The molecule has 0 aliphatic heterocycles. The van der Waals surface area contributed by atoms with Crippen molar-refractivity contribution in [3.8, 4) is 11.9 Å². The van der Waals surface area contributed by atoms with E-state index in [0.717, 1.165) is 16.7 Å². The number of nitrogen functional groups attached to an aromatic ring is 1. The van der Waals surface area contributed by atoms with Crippen LogP contribution in [-0.2, 0) is 13.2 Å². The van der Waals surface area contributed by atoms with Gasteiger partial charge >= 0.3 is 0 Å². The van der Waals surface area contributed by atoms with Crippen LogP contribution >= 0.6 is 0 Å². The Labute approximate surface area is 151 Å². The van der Waals surface area contributed by atoms with Crippen molar-refractivity contribution in [2.75, 3.05) is 5.73 Å². The van der Waals surface area contributed by atoms with E-state index >= 15 is 0 Å². The van der Waals surface area contributed by atoms with Crippen molar-refractivity contribution >= 4 is 5.82 Å². The quantitative estimate of drug-likeness (QED) is 0.761. The lowest BCUT2D eigenvalue weighted by Crippen LogP contribution is -2.07. The molecule has 0 fully saturated rings. The van der Waals surface area contributed by atoms with Crippen LogP contribution in [0.15, 0.2) is 42.5 Å². The molecule has 26 heavy (non-hydrogen) atoms. The van der Waals surface area contributed by atoms with Gasteiger partial charge in [0, 0.05) is 5.56 Å². The van der Waals surface area contributed by atoms with Gasteiger partial charge in [0.25, 0.3) is 5.88 Å². The number of nitriles is 1. The van der Waals surface area contributed by atoms with E-state index in [1.165, 1.54) is 10.7 Å². The van der Waals surface area contributed by atoms with Gasteiger partial charge in [0.1, 0.15) is 24.3 Å². The standard InChI is InChI=1S/C20H19FN4O/c1-13-7-8-14(2)16(9-13)12-26-20-17(10-22)19(23)25(24-20)11-15-5-3-4-6-18(15)21/h3-9H,11-12,23H2,1-2H3. The zero-order valence-electron chi connectivity index (χ0n) is 14.7. The fourth-order valence-electron chi connectivity index (χ4n) is 2.67. The number of aryl methyl sites for hydroxylation is 2. The van der Waals surface area contributed by atoms with Crippen molar-refractivity contribution in [3.05, 3.63) is 76.1 Å². The Morgan fingerprint density at radius 2 is 1.96 bits per heavy atom. The van der Waals surface area contributed by atoms with Crippen molar-refractivity contribution in [2.24, 2.45) is 0 Å². The van der Waals surface area contributed by atoms with Gasteiger partial charge in [0.2, 0.25) is 0 Å². The summed E-state index contributed by atoms with van der Waals surface area (Å²) in [6.07, 6.45) is 0. The zero-order valence-corrected chi connectivity index (χ0v) is 14.7. The number of halogens is 1. The molecule has 0 saturated carbocycles. The Bertz CT molecular complexity index is 988. The Balaban J connectivity index is 1.85. The minimum absolute atomic E-state index is 0.125. The monoisotopic (exact) mass is 350 g/mol. The van der Waals surface area contributed by atoms with Crippen LogP contribution in [0.4, 0.5) is 10.2 Å². The van der Waals surface area contributed by atoms with E-state index in [9.17, 15) is 9.65 Å². The molecule has 0 unspecified atom stereocenters. The maximum absolute atomic E-state index is 13.9. The molecule has 1 heterocycles. The third kappa shape index (κ3) is 3.52. The van der Waals surface area contributed by atoms with Gasteiger partial charge in [-0.05, 0) is 31.0 Å². The minimum atomic E-state index is -0.348. The highest BCUT2D eigenvalue weighted by molar-refractivity contribution is 5.55. The topological polar surface area (TPSA) is 76.9 Å².